The van der Waals surface area contributed by atoms with Gasteiger partial charge in [-0.1, -0.05) is 64.5 Å². The molecular weight excluding hydrogens is 336 g/mol. The Bertz CT molecular complexity index is 956. The van der Waals surface area contributed by atoms with Crippen molar-refractivity contribution in [3.05, 3.63) is 76.8 Å². The van der Waals surface area contributed by atoms with Crippen LogP contribution in [0, 0.1) is 0 Å². The van der Waals surface area contributed by atoms with Crippen LogP contribution in [0.5, 0.6) is 0 Å². The quantitative estimate of drug-likeness (QED) is 0.487. The SMILES string of the molecule is Brc1ccccc1CNc1cccc2c1[nH]c1ccccc12. The van der Waals surface area contributed by atoms with Crippen LogP contribution in [0.15, 0.2) is 71.2 Å². The second-order valence-corrected chi connectivity index (χ2v) is 6.20. The van der Waals surface area contributed by atoms with Gasteiger partial charge in [-0.15, -0.1) is 0 Å². The first-order chi connectivity index (χ1) is 10.8. The van der Waals surface area contributed by atoms with E-state index in [-0.39, 0.29) is 0 Å². The lowest BCUT2D eigenvalue weighted by atomic mass is 10.1. The van der Waals surface area contributed by atoms with Crippen LogP contribution in [-0.2, 0) is 6.54 Å². The van der Waals surface area contributed by atoms with Crippen LogP contribution < -0.4 is 5.32 Å². The van der Waals surface area contributed by atoms with Gasteiger partial charge in [0.25, 0.3) is 0 Å². The van der Waals surface area contributed by atoms with E-state index in [1.165, 1.54) is 21.9 Å². The van der Waals surface area contributed by atoms with Gasteiger partial charge in [-0.25, -0.2) is 0 Å². The van der Waals surface area contributed by atoms with Gasteiger partial charge in [0.05, 0.1) is 11.2 Å². The fourth-order valence-corrected chi connectivity index (χ4v) is 3.28. The summed E-state index contributed by atoms with van der Waals surface area (Å²) in [6.07, 6.45) is 0. The molecule has 4 rings (SSSR count). The van der Waals surface area contributed by atoms with Crippen LogP contribution in [0.4, 0.5) is 5.69 Å². The molecule has 0 saturated heterocycles. The average molecular weight is 351 g/mol. The zero-order valence-corrected chi connectivity index (χ0v) is 13.5. The molecular formula is C19H15BrN2. The molecule has 0 radical (unpaired) electrons. The van der Waals surface area contributed by atoms with Crippen molar-refractivity contribution >= 4 is 43.4 Å². The standard InChI is InChI=1S/C19H15BrN2/c20-16-9-3-1-6-13(16)12-21-18-11-5-8-15-14-7-2-4-10-17(14)22-19(15)18/h1-11,21-22H,12H2. The summed E-state index contributed by atoms with van der Waals surface area (Å²) in [6.45, 7) is 0.788. The van der Waals surface area contributed by atoms with Crippen molar-refractivity contribution in [3.63, 3.8) is 0 Å². The molecule has 0 aliphatic rings. The van der Waals surface area contributed by atoms with Crippen molar-refractivity contribution in [2.45, 2.75) is 6.54 Å². The minimum Gasteiger partial charge on any atom is -0.379 e. The Kier molecular flexibility index (Phi) is 3.35. The molecule has 2 N–H and O–H groups in total. The highest BCUT2D eigenvalue weighted by Crippen LogP contribution is 2.30. The summed E-state index contributed by atoms with van der Waals surface area (Å²) in [4.78, 5) is 3.52. The molecule has 0 atom stereocenters. The Morgan fingerprint density at radius 3 is 2.50 bits per heavy atom. The van der Waals surface area contributed by atoms with Gasteiger partial charge < -0.3 is 10.3 Å². The van der Waals surface area contributed by atoms with E-state index >= 15 is 0 Å². The van der Waals surface area contributed by atoms with E-state index < -0.39 is 0 Å². The van der Waals surface area contributed by atoms with Crippen LogP contribution in [-0.4, -0.2) is 4.98 Å². The number of rotatable bonds is 3. The molecule has 108 valence electrons. The van der Waals surface area contributed by atoms with E-state index in [4.69, 9.17) is 0 Å². The number of H-pyrrole nitrogens is 1. The summed E-state index contributed by atoms with van der Waals surface area (Å²) in [5.74, 6) is 0. The van der Waals surface area contributed by atoms with E-state index in [1.807, 2.05) is 6.07 Å². The van der Waals surface area contributed by atoms with E-state index in [1.54, 1.807) is 0 Å². The van der Waals surface area contributed by atoms with Crippen LogP contribution in [0.1, 0.15) is 5.56 Å². The fraction of sp³-hybridized carbons (Fsp3) is 0.0526. The van der Waals surface area contributed by atoms with Gasteiger partial charge in [-0.2, -0.15) is 0 Å². The maximum Gasteiger partial charge on any atom is 0.0700 e. The van der Waals surface area contributed by atoms with Crippen LogP contribution in [0.3, 0.4) is 0 Å². The second kappa shape index (κ2) is 5.50. The summed E-state index contributed by atoms with van der Waals surface area (Å²) >= 11 is 3.60. The number of fused-ring (bicyclic) bond motifs is 3. The predicted octanol–water partition coefficient (Wildman–Crippen LogP) is 5.70. The normalized spacial score (nSPS) is 11.1. The topological polar surface area (TPSA) is 27.8 Å². The Morgan fingerprint density at radius 1 is 0.818 bits per heavy atom. The largest absolute Gasteiger partial charge is 0.379 e. The number of nitrogens with one attached hydrogen (secondary N) is 2. The number of halogens is 1. The maximum absolute atomic E-state index is 3.60. The van der Waals surface area contributed by atoms with Crippen molar-refractivity contribution in [1.82, 2.24) is 4.98 Å². The van der Waals surface area contributed by atoms with Crippen molar-refractivity contribution in [1.29, 1.82) is 0 Å². The van der Waals surface area contributed by atoms with Crippen LogP contribution in [0.2, 0.25) is 0 Å². The lowest BCUT2D eigenvalue weighted by molar-refractivity contribution is 1.14. The first-order valence-corrected chi connectivity index (χ1v) is 8.09. The highest BCUT2D eigenvalue weighted by Gasteiger charge is 2.07. The van der Waals surface area contributed by atoms with Gasteiger partial charge in [0.2, 0.25) is 0 Å². The zero-order valence-electron chi connectivity index (χ0n) is 11.9. The van der Waals surface area contributed by atoms with Gasteiger partial charge in [-0.05, 0) is 23.8 Å². The van der Waals surface area contributed by atoms with Crippen LogP contribution in [0.25, 0.3) is 21.8 Å². The number of aromatic nitrogens is 1. The lowest BCUT2D eigenvalue weighted by Crippen LogP contribution is -2.00. The smallest absolute Gasteiger partial charge is 0.0700 e. The van der Waals surface area contributed by atoms with E-state index in [9.17, 15) is 0 Å². The summed E-state index contributed by atoms with van der Waals surface area (Å²) in [6, 6.07) is 23.1. The van der Waals surface area contributed by atoms with E-state index in [0.29, 0.717) is 0 Å². The van der Waals surface area contributed by atoms with E-state index in [0.717, 1.165) is 22.2 Å². The zero-order chi connectivity index (χ0) is 14.9. The minimum atomic E-state index is 0.788. The summed E-state index contributed by atoms with van der Waals surface area (Å²) in [5, 5.41) is 6.07. The molecule has 0 aliphatic heterocycles. The van der Waals surface area contributed by atoms with E-state index in [2.05, 4.69) is 86.9 Å². The molecule has 0 spiro atoms. The van der Waals surface area contributed by atoms with Crippen molar-refractivity contribution < 1.29 is 0 Å². The van der Waals surface area contributed by atoms with Gasteiger partial charge in [0.15, 0.2) is 0 Å². The molecule has 2 nitrogen and oxygen atoms in total. The molecule has 0 saturated carbocycles. The molecule has 1 heterocycles. The minimum absolute atomic E-state index is 0.788. The number of hydrogen-bond acceptors (Lipinski definition) is 1. The molecule has 0 amide bonds. The number of para-hydroxylation sites is 2. The molecule has 22 heavy (non-hydrogen) atoms. The monoisotopic (exact) mass is 350 g/mol. The predicted molar refractivity (Wildman–Crippen MR) is 97.3 cm³/mol. The van der Waals surface area contributed by atoms with Gasteiger partial charge in [0.1, 0.15) is 0 Å². The first-order valence-electron chi connectivity index (χ1n) is 7.29. The Balaban J connectivity index is 1.74. The number of benzene rings is 3. The first kappa shape index (κ1) is 13.4. The molecule has 4 aromatic rings. The summed E-state index contributed by atoms with van der Waals surface area (Å²) < 4.78 is 1.13. The third kappa shape index (κ3) is 2.28. The highest BCUT2D eigenvalue weighted by atomic mass is 79.9. The van der Waals surface area contributed by atoms with Gasteiger partial charge >= 0.3 is 0 Å². The molecule has 0 fully saturated rings. The summed E-state index contributed by atoms with van der Waals surface area (Å²) in [7, 11) is 0. The molecule has 0 bridgehead atoms. The highest BCUT2D eigenvalue weighted by molar-refractivity contribution is 9.10. The number of aromatic amines is 1. The molecule has 0 aliphatic carbocycles. The third-order valence-corrected chi connectivity index (χ3v) is 4.74. The number of anilines is 1. The average Bonchev–Trinajstić information content (AvgIpc) is 2.93. The Labute approximate surface area is 137 Å². The lowest BCUT2D eigenvalue weighted by Gasteiger charge is -2.09. The van der Waals surface area contributed by atoms with Crippen molar-refractivity contribution in [2.24, 2.45) is 0 Å². The fourth-order valence-electron chi connectivity index (χ4n) is 2.85. The van der Waals surface area contributed by atoms with Crippen molar-refractivity contribution in [2.75, 3.05) is 5.32 Å². The maximum atomic E-state index is 3.60. The Morgan fingerprint density at radius 2 is 1.59 bits per heavy atom. The van der Waals surface area contributed by atoms with Gasteiger partial charge in [0, 0.05) is 27.3 Å². The molecule has 0 unspecified atom stereocenters. The van der Waals surface area contributed by atoms with Gasteiger partial charge in [-0.3, -0.25) is 0 Å². The summed E-state index contributed by atoms with van der Waals surface area (Å²) in [5.41, 5.74) is 4.71. The molecule has 1 aromatic heterocycles. The third-order valence-electron chi connectivity index (χ3n) is 3.97. The molecule has 3 heteroatoms. The van der Waals surface area contributed by atoms with Crippen LogP contribution >= 0.6 is 15.9 Å². The Hall–Kier alpha value is -2.26. The molecule has 3 aromatic carbocycles. The van der Waals surface area contributed by atoms with Crippen molar-refractivity contribution in [3.8, 4) is 0 Å². The number of hydrogen-bond donors (Lipinski definition) is 2. The second-order valence-electron chi connectivity index (χ2n) is 5.34.